The van der Waals surface area contributed by atoms with Crippen LogP contribution in [0.3, 0.4) is 0 Å². The van der Waals surface area contributed by atoms with E-state index in [-0.39, 0.29) is 11.9 Å². The zero-order valence-electron chi connectivity index (χ0n) is 19.8. The van der Waals surface area contributed by atoms with Crippen LogP contribution in [0.1, 0.15) is 35.4 Å². The summed E-state index contributed by atoms with van der Waals surface area (Å²) in [6, 6.07) is 13.4. The van der Waals surface area contributed by atoms with Crippen molar-refractivity contribution < 1.29 is 28.8 Å². The SMILES string of the molecule is O=C(OC1CC2CC[N+]1(CCCOc1cccc([N+](=O)[O-])c1)CC2)C(O)(c1cccs1)c1cccs1. The molecule has 3 aliphatic rings. The van der Waals surface area contributed by atoms with Gasteiger partial charge in [-0.1, -0.05) is 18.2 Å². The number of carbonyl (C=O) groups excluding carboxylic acids is 1. The highest BCUT2D eigenvalue weighted by molar-refractivity contribution is 7.12. The number of hydrogen-bond donors (Lipinski definition) is 1. The molecule has 0 radical (unpaired) electrons. The fourth-order valence-electron chi connectivity index (χ4n) is 5.45. The Bertz CT molecular complexity index is 1150. The molecule has 2 aromatic heterocycles. The molecule has 0 saturated carbocycles. The van der Waals surface area contributed by atoms with Gasteiger partial charge in [0.25, 0.3) is 5.69 Å². The Kier molecular flexibility index (Phi) is 7.11. The highest BCUT2D eigenvalue weighted by Gasteiger charge is 2.52. The molecule has 6 rings (SSSR count). The molecule has 10 heteroatoms. The number of carbonyl (C=O) groups is 1. The molecule has 3 saturated heterocycles. The second-order valence-electron chi connectivity index (χ2n) is 9.55. The number of thiophene rings is 2. The van der Waals surface area contributed by atoms with Gasteiger partial charge in [0, 0.05) is 31.7 Å². The normalized spacial score (nSPS) is 23.4. The lowest BCUT2D eigenvalue weighted by molar-refractivity contribution is -0.984. The number of nitrogens with zero attached hydrogens (tertiary/aromatic N) is 2. The Morgan fingerprint density at radius 1 is 1.11 bits per heavy atom. The maximum absolute atomic E-state index is 13.6. The van der Waals surface area contributed by atoms with Crippen molar-refractivity contribution >= 4 is 34.3 Å². The van der Waals surface area contributed by atoms with E-state index >= 15 is 0 Å². The van der Waals surface area contributed by atoms with Gasteiger partial charge in [0.2, 0.25) is 11.8 Å². The zero-order valence-corrected chi connectivity index (χ0v) is 21.4. The van der Waals surface area contributed by atoms with E-state index in [1.807, 2.05) is 22.9 Å². The number of non-ortho nitro benzene ring substituents is 1. The van der Waals surface area contributed by atoms with Crippen molar-refractivity contribution in [1.82, 2.24) is 0 Å². The lowest BCUT2D eigenvalue weighted by atomic mass is 9.84. The van der Waals surface area contributed by atoms with Crippen LogP contribution in [-0.4, -0.2) is 53.0 Å². The van der Waals surface area contributed by atoms with Gasteiger partial charge >= 0.3 is 5.97 Å². The number of fused-ring (bicyclic) bond motifs is 3. The summed E-state index contributed by atoms with van der Waals surface area (Å²) < 4.78 is 12.7. The molecule has 1 N–H and O–H groups in total. The number of nitro groups is 1. The number of esters is 1. The summed E-state index contributed by atoms with van der Waals surface area (Å²) in [5.41, 5.74) is -1.81. The van der Waals surface area contributed by atoms with E-state index in [2.05, 4.69) is 0 Å². The number of hydrogen-bond acceptors (Lipinski definition) is 8. The Balaban J connectivity index is 1.27. The monoisotopic (exact) mass is 529 g/mol. The average molecular weight is 530 g/mol. The molecular weight excluding hydrogens is 500 g/mol. The summed E-state index contributed by atoms with van der Waals surface area (Å²) in [5.74, 6) is 0.386. The first-order valence-corrected chi connectivity index (χ1v) is 13.9. The fraction of sp³-hybridized carbons (Fsp3) is 0.423. The molecule has 190 valence electrons. The second kappa shape index (κ2) is 10.3. The number of rotatable bonds is 10. The molecule has 2 bridgehead atoms. The smallest absolute Gasteiger partial charge is 0.353 e. The minimum absolute atomic E-state index is 0.00317. The fourth-order valence-corrected chi connectivity index (χ4v) is 7.17. The number of ether oxygens (including phenoxy) is 2. The molecule has 0 amide bonds. The van der Waals surface area contributed by atoms with E-state index in [1.54, 1.807) is 24.3 Å². The van der Waals surface area contributed by atoms with Crippen molar-refractivity contribution in [1.29, 1.82) is 0 Å². The molecule has 1 aromatic carbocycles. The topological polar surface area (TPSA) is 98.9 Å². The highest BCUT2D eigenvalue weighted by atomic mass is 32.1. The van der Waals surface area contributed by atoms with Crippen molar-refractivity contribution in [2.75, 3.05) is 26.2 Å². The largest absolute Gasteiger partial charge is 0.493 e. The summed E-state index contributed by atoms with van der Waals surface area (Å²) in [7, 11) is 0. The van der Waals surface area contributed by atoms with Crippen molar-refractivity contribution in [2.45, 2.75) is 37.5 Å². The third-order valence-corrected chi connectivity index (χ3v) is 9.41. The summed E-state index contributed by atoms with van der Waals surface area (Å²) in [6.45, 7) is 3.04. The maximum Gasteiger partial charge on any atom is 0.353 e. The number of piperidine rings is 3. The lowest BCUT2D eigenvalue weighted by Gasteiger charge is -2.53. The Morgan fingerprint density at radius 3 is 2.42 bits per heavy atom. The first-order valence-electron chi connectivity index (χ1n) is 12.2. The average Bonchev–Trinajstić information content (AvgIpc) is 3.63. The Hall–Kier alpha value is -2.79. The first kappa shape index (κ1) is 24.9. The highest BCUT2D eigenvalue weighted by Crippen LogP contribution is 2.42. The summed E-state index contributed by atoms with van der Waals surface area (Å²) in [6.07, 6.45) is 3.40. The van der Waals surface area contributed by atoms with Crippen LogP contribution < -0.4 is 4.74 Å². The number of nitro benzene ring substituents is 1. The maximum atomic E-state index is 13.6. The predicted octanol–water partition coefficient (Wildman–Crippen LogP) is 4.92. The molecule has 0 aliphatic carbocycles. The van der Waals surface area contributed by atoms with Crippen molar-refractivity contribution in [3.63, 3.8) is 0 Å². The van der Waals surface area contributed by atoms with Gasteiger partial charge in [-0.2, -0.15) is 0 Å². The van der Waals surface area contributed by atoms with Crippen LogP contribution >= 0.6 is 22.7 Å². The summed E-state index contributed by atoms with van der Waals surface area (Å²) in [5, 5.41) is 26.4. The second-order valence-corrected chi connectivity index (χ2v) is 11.4. The zero-order chi connectivity index (χ0) is 25.2. The Morgan fingerprint density at radius 2 is 1.81 bits per heavy atom. The van der Waals surface area contributed by atoms with Crippen molar-refractivity contribution in [2.24, 2.45) is 5.92 Å². The molecule has 0 spiro atoms. The van der Waals surface area contributed by atoms with Gasteiger partial charge in [-0.15, -0.1) is 22.7 Å². The minimum atomic E-state index is -1.81. The minimum Gasteiger partial charge on any atom is -0.493 e. The molecule has 3 aromatic rings. The number of quaternary nitrogens is 1. The van der Waals surface area contributed by atoms with Crippen LogP contribution in [0.4, 0.5) is 5.69 Å². The van der Waals surface area contributed by atoms with Crippen LogP contribution in [0.2, 0.25) is 0 Å². The van der Waals surface area contributed by atoms with Gasteiger partial charge in [0.05, 0.1) is 47.0 Å². The van der Waals surface area contributed by atoms with Crippen LogP contribution in [0.5, 0.6) is 5.75 Å². The summed E-state index contributed by atoms with van der Waals surface area (Å²) >= 11 is 2.68. The van der Waals surface area contributed by atoms with Gasteiger partial charge in [-0.25, -0.2) is 4.79 Å². The number of aliphatic hydroxyl groups is 1. The molecule has 36 heavy (non-hydrogen) atoms. The molecule has 8 nitrogen and oxygen atoms in total. The van der Waals surface area contributed by atoms with Gasteiger partial charge in [0.15, 0.2) is 0 Å². The molecular formula is C26H29N2O6S2+. The van der Waals surface area contributed by atoms with Gasteiger partial charge < -0.3 is 14.6 Å². The van der Waals surface area contributed by atoms with E-state index in [0.29, 0.717) is 32.5 Å². The van der Waals surface area contributed by atoms with Gasteiger partial charge in [-0.3, -0.25) is 14.6 Å². The van der Waals surface area contributed by atoms with Gasteiger partial charge in [-0.05, 0) is 34.9 Å². The predicted molar refractivity (Wildman–Crippen MR) is 137 cm³/mol. The van der Waals surface area contributed by atoms with Crippen LogP contribution in [0.15, 0.2) is 59.3 Å². The molecule has 3 aliphatic heterocycles. The van der Waals surface area contributed by atoms with E-state index < -0.39 is 16.5 Å². The first-order chi connectivity index (χ1) is 17.4. The van der Waals surface area contributed by atoms with Crippen molar-refractivity contribution in [3.8, 4) is 5.75 Å². The molecule has 5 heterocycles. The third kappa shape index (κ3) is 4.78. The van der Waals surface area contributed by atoms with Crippen LogP contribution in [-0.2, 0) is 15.1 Å². The van der Waals surface area contributed by atoms with Gasteiger partial charge in [0.1, 0.15) is 5.75 Å². The Labute approximate surface area is 217 Å². The third-order valence-electron chi connectivity index (χ3n) is 7.45. The molecule has 1 unspecified atom stereocenters. The quantitative estimate of drug-likeness (QED) is 0.132. The lowest BCUT2D eigenvalue weighted by Crippen LogP contribution is -2.66. The number of benzene rings is 1. The van der Waals surface area contributed by atoms with Crippen molar-refractivity contribution in [3.05, 3.63) is 79.2 Å². The van der Waals surface area contributed by atoms with Crippen LogP contribution in [0, 0.1) is 16.0 Å². The van der Waals surface area contributed by atoms with Crippen LogP contribution in [0.25, 0.3) is 0 Å². The van der Waals surface area contributed by atoms with E-state index in [0.717, 1.165) is 45.3 Å². The summed E-state index contributed by atoms with van der Waals surface area (Å²) in [4.78, 5) is 25.3. The van der Waals surface area contributed by atoms with E-state index in [9.17, 15) is 20.0 Å². The molecule has 1 atom stereocenters. The van der Waals surface area contributed by atoms with E-state index in [1.165, 1.54) is 34.8 Å². The van der Waals surface area contributed by atoms with E-state index in [4.69, 9.17) is 9.47 Å². The molecule has 3 fully saturated rings. The standard InChI is InChI=1S/C26H29N2O6S2/c29-25(26(30,22-7-2-15-35-22)23-8-3-16-36-23)34-24-17-19-9-12-28(24,13-10-19)11-4-14-33-21-6-1-5-20(18-21)27(31)32/h1-3,5-8,15-16,18-19,24,30H,4,9-14,17H2/q+1.